The summed E-state index contributed by atoms with van der Waals surface area (Å²) in [5.41, 5.74) is 8.78. The Kier molecular flexibility index (Phi) is 7.72. The highest BCUT2D eigenvalue weighted by atomic mass is 16.1. The molecule has 1 saturated heterocycles. The van der Waals surface area contributed by atoms with Gasteiger partial charge in [-0.05, 0) is 38.4 Å². The Bertz CT molecular complexity index is 989. The van der Waals surface area contributed by atoms with E-state index in [0.717, 1.165) is 60.2 Å². The number of amides is 1. The van der Waals surface area contributed by atoms with Crippen LogP contribution >= 0.6 is 0 Å². The van der Waals surface area contributed by atoms with Gasteiger partial charge in [0, 0.05) is 73.8 Å². The van der Waals surface area contributed by atoms with Crippen molar-refractivity contribution in [1.29, 1.82) is 0 Å². The van der Waals surface area contributed by atoms with Gasteiger partial charge in [-0.3, -0.25) is 24.7 Å². The minimum absolute atomic E-state index is 0.121. The van der Waals surface area contributed by atoms with Crippen molar-refractivity contribution >= 4 is 34.9 Å². The van der Waals surface area contributed by atoms with Gasteiger partial charge in [0.25, 0.3) is 0 Å². The second-order valence-electron chi connectivity index (χ2n) is 7.81. The molecule has 164 valence electrons. The third-order valence-electron chi connectivity index (χ3n) is 5.55. The van der Waals surface area contributed by atoms with Gasteiger partial charge in [-0.2, -0.15) is 5.10 Å². The Balaban J connectivity index is 1.82. The number of nitrogens with one attached hydrogen (secondary N) is 1. The van der Waals surface area contributed by atoms with Crippen LogP contribution < -0.4 is 16.1 Å². The highest BCUT2D eigenvalue weighted by Gasteiger charge is 2.25. The summed E-state index contributed by atoms with van der Waals surface area (Å²) >= 11 is 0. The summed E-state index contributed by atoms with van der Waals surface area (Å²) in [4.78, 5) is 22.0. The summed E-state index contributed by atoms with van der Waals surface area (Å²) in [6.07, 6.45) is 8.12. The van der Waals surface area contributed by atoms with Gasteiger partial charge in [0.15, 0.2) is 0 Å². The molecule has 1 aliphatic rings. The maximum atomic E-state index is 11.3. The predicted molar refractivity (Wildman–Crippen MR) is 127 cm³/mol. The largest absolute Gasteiger partial charge is 0.402 e. The van der Waals surface area contributed by atoms with E-state index in [1.165, 1.54) is 0 Å². The van der Waals surface area contributed by atoms with Crippen LogP contribution in [0.5, 0.6) is 0 Å². The average molecular weight is 422 g/mol. The third-order valence-corrected chi connectivity index (χ3v) is 5.55. The zero-order valence-corrected chi connectivity index (χ0v) is 18.5. The van der Waals surface area contributed by atoms with E-state index >= 15 is 0 Å². The lowest BCUT2D eigenvalue weighted by molar-refractivity contribution is -0.108. The van der Waals surface area contributed by atoms with Crippen molar-refractivity contribution in [1.82, 2.24) is 15.2 Å². The molecule has 1 aromatic heterocycles. The maximum absolute atomic E-state index is 11.3. The van der Waals surface area contributed by atoms with Crippen LogP contribution in [0.25, 0.3) is 10.8 Å². The van der Waals surface area contributed by atoms with Crippen LogP contribution in [0.2, 0.25) is 0 Å². The number of anilines is 1. The highest BCUT2D eigenvalue weighted by molar-refractivity contribution is 5.96. The minimum atomic E-state index is 0.121. The first-order chi connectivity index (χ1) is 15.0. The molecule has 1 aromatic carbocycles. The molecule has 0 aliphatic carbocycles. The summed E-state index contributed by atoms with van der Waals surface area (Å²) in [5, 5.41) is 11.6. The number of hydrazone groups is 1. The van der Waals surface area contributed by atoms with Gasteiger partial charge >= 0.3 is 0 Å². The Labute approximate surface area is 183 Å². The number of nitrogens with zero attached hydrogens (tertiary/aromatic N) is 5. The van der Waals surface area contributed by atoms with Gasteiger partial charge in [-0.15, -0.1) is 0 Å². The summed E-state index contributed by atoms with van der Waals surface area (Å²) in [7, 11) is 3.65. The third kappa shape index (κ3) is 5.67. The molecule has 3 N–H and O–H groups in total. The molecule has 1 aliphatic heterocycles. The summed E-state index contributed by atoms with van der Waals surface area (Å²) < 4.78 is 0. The minimum Gasteiger partial charge on any atom is -0.402 e. The zero-order valence-electron chi connectivity index (χ0n) is 18.5. The van der Waals surface area contributed by atoms with Gasteiger partial charge < -0.3 is 11.1 Å². The predicted octanol–water partition coefficient (Wildman–Crippen LogP) is 2.38. The summed E-state index contributed by atoms with van der Waals surface area (Å²) in [6.45, 7) is 4.40. The number of fused-ring (bicyclic) bond motifs is 1. The quantitative estimate of drug-likeness (QED) is 0.309. The van der Waals surface area contributed by atoms with Crippen molar-refractivity contribution in [3.63, 3.8) is 0 Å². The number of allylic oxidation sites excluding steroid dienone is 1. The average Bonchev–Trinajstić information content (AvgIpc) is 2.78. The fourth-order valence-corrected chi connectivity index (χ4v) is 3.98. The normalized spacial score (nSPS) is 18.8. The Morgan fingerprint density at radius 1 is 1.42 bits per heavy atom. The number of rotatable bonds is 7. The molecule has 8 heteroatoms. The van der Waals surface area contributed by atoms with Crippen LogP contribution in [0.1, 0.15) is 19.8 Å². The molecule has 0 saturated carbocycles. The molecule has 1 amide bonds. The molecule has 31 heavy (non-hydrogen) atoms. The lowest BCUT2D eigenvalue weighted by atomic mass is 9.96. The van der Waals surface area contributed by atoms with Crippen molar-refractivity contribution in [3.8, 4) is 0 Å². The smallest absolute Gasteiger partial charge is 0.212 e. The molecule has 3 rings (SSSR count). The lowest BCUT2D eigenvalue weighted by Gasteiger charge is -2.33. The van der Waals surface area contributed by atoms with E-state index < -0.39 is 0 Å². The molecule has 1 atom stereocenters. The molecule has 0 radical (unpaired) electrons. The molecule has 0 spiro atoms. The van der Waals surface area contributed by atoms with E-state index in [-0.39, 0.29) is 5.92 Å². The number of aromatic nitrogens is 1. The second-order valence-corrected chi connectivity index (χ2v) is 7.81. The van der Waals surface area contributed by atoms with Crippen LogP contribution in [-0.2, 0) is 4.79 Å². The fourth-order valence-electron chi connectivity index (χ4n) is 3.98. The van der Waals surface area contributed by atoms with Gasteiger partial charge in [0.2, 0.25) is 6.41 Å². The number of carbonyl (C=O) groups excluding carboxylic acids is 1. The van der Waals surface area contributed by atoms with Gasteiger partial charge in [0.05, 0.1) is 5.69 Å². The van der Waals surface area contributed by atoms with E-state index in [4.69, 9.17) is 10.8 Å². The number of likely N-dealkylation sites (tertiary alicyclic amines) is 1. The van der Waals surface area contributed by atoms with Crippen LogP contribution in [-0.4, -0.2) is 62.1 Å². The van der Waals surface area contributed by atoms with Gasteiger partial charge in [-0.1, -0.05) is 12.1 Å². The van der Waals surface area contributed by atoms with Crippen molar-refractivity contribution in [2.45, 2.75) is 19.8 Å². The van der Waals surface area contributed by atoms with Crippen LogP contribution in [0.3, 0.4) is 0 Å². The molecule has 2 aromatic rings. The zero-order chi connectivity index (χ0) is 22.2. The molecule has 1 unspecified atom stereocenters. The van der Waals surface area contributed by atoms with E-state index in [0.29, 0.717) is 12.2 Å². The fraction of sp³-hybridized carbons (Fsp3) is 0.391. The molecular formula is C23H31N7O. The van der Waals surface area contributed by atoms with E-state index in [9.17, 15) is 4.79 Å². The van der Waals surface area contributed by atoms with E-state index in [1.54, 1.807) is 13.2 Å². The number of carbonyl (C=O) groups is 1. The number of piperidine rings is 1. The van der Waals surface area contributed by atoms with E-state index in [2.05, 4.69) is 20.2 Å². The SMILES string of the molecule is CN=C/C(CN1CCCC(/C(=N/N(C)c2cccc3cnccc23)NC=O)C1)=C(/C)N. The number of aliphatic imine (C=N–C) groups is 1. The number of hydrogen-bond donors (Lipinski definition) is 2. The molecule has 2 heterocycles. The maximum Gasteiger partial charge on any atom is 0.212 e. The van der Waals surface area contributed by atoms with Crippen molar-refractivity contribution in [3.05, 3.63) is 47.9 Å². The Morgan fingerprint density at radius 2 is 2.26 bits per heavy atom. The molecule has 0 bridgehead atoms. The van der Waals surface area contributed by atoms with Crippen LogP contribution in [0.15, 0.2) is 58.0 Å². The van der Waals surface area contributed by atoms with Crippen molar-refractivity contribution in [2.75, 3.05) is 38.7 Å². The lowest BCUT2D eigenvalue weighted by Crippen LogP contribution is -2.44. The first-order valence-corrected chi connectivity index (χ1v) is 10.5. The number of amidine groups is 1. The number of hydrogen-bond acceptors (Lipinski definition) is 7. The first kappa shape index (κ1) is 22.4. The molecule has 1 fully saturated rings. The standard InChI is InChI=1S/C23H31N7O/c1-17(24)20(12-25-2)15-30-11-5-7-19(14-30)23(27-16-31)28-29(3)22-8-4-6-18-13-26-10-9-21(18)22/h4,6,8-10,12-13,16,19H,5,7,11,14-15,24H2,1-3H3,(H,27,28,31)/b20-17+,25-12?. The van der Waals surface area contributed by atoms with Crippen LogP contribution in [0.4, 0.5) is 5.69 Å². The van der Waals surface area contributed by atoms with Crippen molar-refractivity contribution in [2.24, 2.45) is 21.7 Å². The highest BCUT2D eigenvalue weighted by Crippen LogP contribution is 2.26. The van der Waals surface area contributed by atoms with Crippen LogP contribution in [0, 0.1) is 5.92 Å². The van der Waals surface area contributed by atoms with E-state index in [1.807, 2.05) is 55.7 Å². The van der Waals surface area contributed by atoms with Crippen molar-refractivity contribution < 1.29 is 4.79 Å². The first-order valence-electron chi connectivity index (χ1n) is 10.5. The number of nitrogens with two attached hydrogens (primary N) is 1. The molecule has 8 nitrogen and oxygen atoms in total. The Morgan fingerprint density at radius 3 is 3.00 bits per heavy atom. The summed E-state index contributed by atoms with van der Waals surface area (Å²) in [6, 6.07) is 8.00. The molecular weight excluding hydrogens is 390 g/mol. The monoisotopic (exact) mass is 421 g/mol. The number of benzene rings is 1. The topological polar surface area (TPSA) is 99.2 Å². The summed E-state index contributed by atoms with van der Waals surface area (Å²) in [5.74, 6) is 0.795. The van der Waals surface area contributed by atoms with Gasteiger partial charge in [0.1, 0.15) is 5.84 Å². The Hall–Kier alpha value is -3.26. The number of pyridine rings is 1. The second kappa shape index (κ2) is 10.7. The van der Waals surface area contributed by atoms with Gasteiger partial charge in [-0.25, -0.2) is 0 Å².